The molecular formula is C6H10O6. The van der Waals surface area contributed by atoms with Crippen LogP contribution in [0, 0.1) is 0 Å². The molecule has 1 fully saturated rings. The molecule has 0 spiro atoms. The molecule has 1 saturated heterocycles. The van der Waals surface area contributed by atoms with Gasteiger partial charge < -0.3 is 25.2 Å². The first-order valence-corrected chi connectivity index (χ1v) is 3.41. The van der Waals surface area contributed by atoms with Gasteiger partial charge in [-0.2, -0.15) is 0 Å². The molecular weight excluding hydrogens is 168 g/mol. The highest BCUT2D eigenvalue weighted by Crippen LogP contribution is 2.22. The fourth-order valence-electron chi connectivity index (χ4n) is 0.962. The van der Waals surface area contributed by atoms with Gasteiger partial charge in [0.2, 0.25) is 0 Å². The third-order valence-corrected chi connectivity index (χ3v) is 1.76. The summed E-state index contributed by atoms with van der Waals surface area (Å²) < 4.78 is 4.46. The van der Waals surface area contributed by atoms with E-state index in [-0.39, 0.29) is 6.61 Å². The number of rotatable bonds is 1. The molecule has 1 aliphatic rings. The fraction of sp³-hybridized carbons (Fsp3) is 0.833. The Morgan fingerprint density at radius 3 is 2.42 bits per heavy atom. The van der Waals surface area contributed by atoms with Crippen molar-refractivity contribution in [1.82, 2.24) is 0 Å². The van der Waals surface area contributed by atoms with Gasteiger partial charge in [0.15, 0.2) is 0 Å². The Labute approximate surface area is 68.0 Å². The van der Waals surface area contributed by atoms with Crippen LogP contribution in [0.4, 0.5) is 0 Å². The Balaban J connectivity index is 2.66. The standard InChI is InChI=1S/C6H10O6/c7-3-1-6(11,5(9)10)12-2-4(3)8/h3-4,7-8,11H,1-2H2,(H,9,10)/t3-,4+,6-/m0/s1. The lowest BCUT2D eigenvalue weighted by molar-refractivity contribution is -0.267. The van der Waals surface area contributed by atoms with Crippen molar-refractivity contribution in [2.24, 2.45) is 0 Å². The minimum absolute atomic E-state index is 0.385. The van der Waals surface area contributed by atoms with E-state index in [1.165, 1.54) is 0 Å². The van der Waals surface area contributed by atoms with Crippen molar-refractivity contribution in [3.05, 3.63) is 0 Å². The van der Waals surface area contributed by atoms with Gasteiger partial charge in [-0.05, 0) is 0 Å². The van der Waals surface area contributed by atoms with E-state index in [4.69, 9.17) is 20.4 Å². The van der Waals surface area contributed by atoms with Crippen LogP contribution in [0.1, 0.15) is 6.42 Å². The smallest absolute Gasteiger partial charge is 0.364 e. The molecule has 12 heavy (non-hydrogen) atoms. The molecule has 0 aromatic rings. The molecule has 0 amide bonds. The predicted molar refractivity (Wildman–Crippen MR) is 35.2 cm³/mol. The summed E-state index contributed by atoms with van der Waals surface area (Å²) in [5, 5.41) is 35.5. The number of hydrogen-bond acceptors (Lipinski definition) is 5. The van der Waals surface area contributed by atoms with Crippen LogP contribution in [0.25, 0.3) is 0 Å². The van der Waals surface area contributed by atoms with E-state index < -0.39 is 30.4 Å². The second kappa shape index (κ2) is 2.98. The number of aliphatic carboxylic acids is 1. The predicted octanol–water partition coefficient (Wildman–Crippen LogP) is -2.10. The molecule has 0 radical (unpaired) electrons. The van der Waals surface area contributed by atoms with E-state index in [9.17, 15) is 4.79 Å². The second-order valence-electron chi connectivity index (χ2n) is 2.74. The fourth-order valence-corrected chi connectivity index (χ4v) is 0.962. The van der Waals surface area contributed by atoms with E-state index in [0.29, 0.717) is 0 Å². The third-order valence-electron chi connectivity index (χ3n) is 1.76. The number of ether oxygens (including phenoxy) is 1. The van der Waals surface area contributed by atoms with Crippen molar-refractivity contribution in [3.8, 4) is 0 Å². The first-order chi connectivity index (χ1) is 5.46. The van der Waals surface area contributed by atoms with Crippen LogP contribution in [0.2, 0.25) is 0 Å². The van der Waals surface area contributed by atoms with Crippen LogP contribution in [0.5, 0.6) is 0 Å². The number of aliphatic hydroxyl groups excluding tert-OH is 2. The van der Waals surface area contributed by atoms with Crippen LogP contribution >= 0.6 is 0 Å². The van der Waals surface area contributed by atoms with Crippen LogP contribution in [-0.2, 0) is 9.53 Å². The van der Waals surface area contributed by atoms with E-state index in [2.05, 4.69) is 4.74 Å². The van der Waals surface area contributed by atoms with Crippen LogP contribution in [0.15, 0.2) is 0 Å². The maximum atomic E-state index is 10.4. The normalized spacial score (nSPS) is 42.6. The quantitative estimate of drug-likeness (QED) is 0.366. The molecule has 70 valence electrons. The van der Waals surface area contributed by atoms with Gasteiger partial charge in [-0.15, -0.1) is 0 Å². The van der Waals surface area contributed by atoms with E-state index in [1.54, 1.807) is 0 Å². The zero-order chi connectivity index (χ0) is 9.35. The summed E-state index contributed by atoms with van der Waals surface area (Å²) in [5.41, 5.74) is 0. The summed E-state index contributed by atoms with van der Waals surface area (Å²) in [4.78, 5) is 10.4. The molecule has 4 N–H and O–H groups in total. The molecule has 0 aliphatic carbocycles. The summed E-state index contributed by atoms with van der Waals surface area (Å²) in [5.74, 6) is -3.92. The minimum atomic E-state index is -2.36. The molecule has 6 heteroatoms. The van der Waals surface area contributed by atoms with Crippen molar-refractivity contribution < 1.29 is 30.0 Å². The zero-order valence-electron chi connectivity index (χ0n) is 6.17. The lowest BCUT2D eigenvalue weighted by atomic mass is 10.0. The average molecular weight is 178 g/mol. The topological polar surface area (TPSA) is 107 Å². The molecule has 1 heterocycles. The monoisotopic (exact) mass is 178 g/mol. The zero-order valence-corrected chi connectivity index (χ0v) is 6.17. The lowest BCUT2D eigenvalue weighted by Gasteiger charge is -2.33. The van der Waals surface area contributed by atoms with Gasteiger partial charge in [0.1, 0.15) is 6.10 Å². The molecule has 1 rings (SSSR count). The van der Waals surface area contributed by atoms with Gasteiger partial charge >= 0.3 is 5.97 Å². The van der Waals surface area contributed by atoms with Gasteiger partial charge in [-0.25, -0.2) is 4.79 Å². The van der Waals surface area contributed by atoms with Crippen molar-refractivity contribution in [3.63, 3.8) is 0 Å². The highest BCUT2D eigenvalue weighted by atomic mass is 16.7. The largest absolute Gasteiger partial charge is 0.477 e. The van der Waals surface area contributed by atoms with Crippen molar-refractivity contribution >= 4 is 5.97 Å². The molecule has 0 saturated carbocycles. The Bertz CT molecular complexity index is 192. The highest BCUT2D eigenvalue weighted by Gasteiger charge is 2.45. The first kappa shape index (κ1) is 9.40. The maximum Gasteiger partial charge on any atom is 0.364 e. The minimum Gasteiger partial charge on any atom is -0.477 e. The van der Waals surface area contributed by atoms with Crippen molar-refractivity contribution in [2.75, 3.05) is 6.61 Å². The maximum absolute atomic E-state index is 10.4. The highest BCUT2D eigenvalue weighted by molar-refractivity contribution is 5.75. The van der Waals surface area contributed by atoms with Crippen molar-refractivity contribution in [2.45, 2.75) is 24.4 Å². The first-order valence-electron chi connectivity index (χ1n) is 3.41. The molecule has 3 atom stereocenters. The van der Waals surface area contributed by atoms with Crippen LogP contribution in [0.3, 0.4) is 0 Å². The van der Waals surface area contributed by atoms with E-state index in [1.807, 2.05) is 0 Å². The molecule has 0 aromatic heterocycles. The van der Waals surface area contributed by atoms with Gasteiger partial charge in [0.25, 0.3) is 5.79 Å². The van der Waals surface area contributed by atoms with E-state index >= 15 is 0 Å². The van der Waals surface area contributed by atoms with Gasteiger partial charge in [-0.1, -0.05) is 0 Å². The summed E-state index contributed by atoms with van der Waals surface area (Å²) in [6, 6.07) is 0. The number of carboxylic acids is 1. The summed E-state index contributed by atoms with van der Waals surface area (Å²) in [6.07, 6.45) is -2.92. The van der Waals surface area contributed by atoms with E-state index in [0.717, 1.165) is 0 Å². The van der Waals surface area contributed by atoms with Gasteiger partial charge in [-0.3, -0.25) is 0 Å². The number of hydrogen-bond donors (Lipinski definition) is 4. The average Bonchev–Trinajstić information content (AvgIpc) is 1.97. The second-order valence-corrected chi connectivity index (χ2v) is 2.74. The summed E-state index contributed by atoms with van der Waals surface area (Å²) in [7, 11) is 0. The van der Waals surface area contributed by atoms with Gasteiger partial charge in [0.05, 0.1) is 12.7 Å². The lowest BCUT2D eigenvalue weighted by Crippen LogP contribution is -2.53. The number of carbonyl (C=O) groups is 1. The molecule has 1 aliphatic heterocycles. The molecule has 0 bridgehead atoms. The SMILES string of the molecule is O=C(O)[C@]1(O)C[C@H](O)[C@H](O)CO1. The Kier molecular flexibility index (Phi) is 2.34. The molecule has 0 aromatic carbocycles. The van der Waals surface area contributed by atoms with Gasteiger partial charge in [0, 0.05) is 6.42 Å². The molecule has 0 unspecified atom stereocenters. The number of aliphatic hydroxyl groups is 3. The summed E-state index contributed by atoms with van der Waals surface area (Å²) >= 11 is 0. The van der Waals surface area contributed by atoms with Crippen LogP contribution in [-0.4, -0.2) is 51.0 Å². The molecule has 6 nitrogen and oxygen atoms in total. The Morgan fingerprint density at radius 1 is 1.42 bits per heavy atom. The van der Waals surface area contributed by atoms with Crippen LogP contribution < -0.4 is 0 Å². The van der Waals surface area contributed by atoms with Crippen molar-refractivity contribution in [1.29, 1.82) is 0 Å². The third kappa shape index (κ3) is 1.56. The Hall–Kier alpha value is -0.690. The summed E-state index contributed by atoms with van der Waals surface area (Å²) in [6.45, 7) is -0.385. The Morgan fingerprint density at radius 2 is 2.00 bits per heavy atom. The number of carboxylic acid groups (broad SMARTS) is 1.